The molecule has 1 aromatic rings. The van der Waals surface area contributed by atoms with Gasteiger partial charge >= 0.3 is 12.1 Å². The number of unbranched alkanes of at least 4 members (excludes halogenated alkanes) is 1. The zero-order valence-electron chi connectivity index (χ0n) is 13.7. The lowest BCUT2D eigenvalue weighted by atomic mass is 10.0. The molecule has 1 rings (SSSR count). The van der Waals surface area contributed by atoms with Crippen molar-refractivity contribution in [3.8, 4) is 0 Å². The quantitative estimate of drug-likeness (QED) is 0.425. The fraction of sp³-hybridized carbons (Fsp3) is 0.412. The third kappa shape index (κ3) is 6.22. The standard InChI is InChI=1S/C17H20F3NO4/c1-3-4-5-6-13(16(24)25-2)21-15(23)14(22)11-7-9-12(10-8-11)17(18,19)20/h3,7-10,13-14,22H,1,4-6H2,2H3,(H,21,23)/t13-,14+/m1/s1. The first-order valence-corrected chi connectivity index (χ1v) is 7.55. The number of allylic oxidation sites excluding steroid dienone is 1. The molecule has 8 heteroatoms. The molecule has 2 N–H and O–H groups in total. The maximum atomic E-state index is 12.5. The fourth-order valence-electron chi connectivity index (χ4n) is 2.11. The molecule has 0 radical (unpaired) electrons. The number of ether oxygens (including phenoxy) is 1. The van der Waals surface area contributed by atoms with Gasteiger partial charge in [0.2, 0.25) is 0 Å². The molecule has 1 amide bonds. The van der Waals surface area contributed by atoms with E-state index in [9.17, 15) is 27.9 Å². The minimum absolute atomic E-state index is 0.0137. The second-order valence-electron chi connectivity index (χ2n) is 5.33. The maximum Gasteiger partial charge on any atom is 0.416 e. The van der Waals surface area contributed by atoms with Gasteiger partial charge in [0, 0.05) is 0 Å². The molecule has 0 saturated carbocycles. The Morgan fingerprint density at radius 2 is 1.92 bits per heavy atom. The minimum atomic E-state index is -4.51. The third-order valence-electron chi connectivity index (χ3n) is 3.51. The number of rotatable bonds is 8. The van der Waals surface area contributed by atoms with Crippen molar-refractivity contribution >= 4 is 11.9 Å². The monoisotopic (exact) mass is 359 g/mol. The average molecular weight is 359 g/mol. The minimum Gasteiger partial charge on any atom is -0.467 e. The van der Waals surface area contributed by atoms with E-state index in [0.29, 0.717) is 12.8 Å². The lowest BCUT2D eigenvalue weighted by Gasteiger charge is -2.19. The van der Waals surface area contributed by atoms with Crippen LogP contribution in [0.1, 0.15) is 36.5 Å². The topological polar surface area (TPSA) is 75.6 Å². The fourth-order valence-corrected chi connectivity index (χ4v) is 2.11. The van der Waals surface area contributed by atoms with Crippen molar-refractivity contribution in [2.24, 2.45) is 0 Å². The average Bonchev–Trinajstić information content (AvgIpc) is 2.58. The summed E-state index contributed by atoms with van der Waals surface area (Å²) in [7, 11) is 1.17. The number of benzene rings is 1. The van der Waals surface area contributed by atoms with Crippen molar-refractivity contribution in [1.82, 2.24) is 5.32 Å². The summed E-state index contributed by atoms with van der Waals surface area (Å²) in [5.74, 6) is -1.56. The van der Waals surface area contributed by atoms with Gasteiger partial charge in [-0.1, -0.05) is 18.2 Å². The molecule has 0 aromatic heterocycles. The molecule has 0 saturated heterocycles. The van der Waals surface area contributed by atoms with E-state index in [4.69, 9.17) is 0 Å². The van der Waals surface area contributed by atoms with Crippen LogP contribution in [0.25, 0.3) is 0 Å². The SMILES string of the molecule is C=CCCC[C@@H](NC(=O)[C@@H](O)c1ccc(C(F)(F)F)cc1)C(=O)OC. The second-order valence-corrected chi connectivity index (χ2v) is 5.33. The number of nitrogens with one attached hydrogen (secondary N) is 1. The number of methoxy groups -OCH3 is 1. The van der Waals surface area contributed by atoms with Gasteiger partial charge in [0.1, 0.15) is 6.04 Å². The van der Waals surface area contributed by atoms with Gasteiger partial charge in [-0.15, -0.1) is 6.58 Å². The van der Waals surface area contributed by atoms with Crippen LogP contribution in [-0.4, -0.2) is 30.1 Å². The first-order chi connectivity index (χ1) is 11.7. The van der Waals surface area contributed by atoms with Gasteiger partial charge in [0.25, 0.3) is 5.91 Å². The predicted octanol–water partition coefficient (Wildman–Crippen LogP) is 2.75. The maximum absolute atomic E-state index is 12.5. The lowest BCUT2D eigenvalue weighted by molar-refractivity contribution is -0.146. The summed E-state index contributed by atoms with van der Waals surface area (Å²) in [4.78, 5) is 23.8. The van der Waals surface area contributed by atoms with Crippen LogP contribution in [0.5, 0.6) is 0 Å². The number of carbonyl (C=O) groups excluding carboxylic acids is 2. The van der Waals surface area contributed by atoms with E-state index in [0.717, 1.165) is 24.3 Å². The van der Waals surface area contributed by atoms with Crippen LogP contribution >= 0.6 is 0 Å². The summed E-state index contributed by atoms with van der Waals surface area (Å²) in [6, 6.07) is 2.61. The van der Waals surface area contributed by atoms with Crippen LogP contribution < -0.4 is 5.32 Å². The summed E-state index contributed by atoms with van der Waals surface area (Å²) in [5.41, 5.74) is -0.902. The molecule has 25 heavy (non-hydrogen) atoms. The highest BCUT2D eigenvalue weighted by Gasteiger charge is 2.31. The molecule has 0 aliphatic rings. The Bertz CT molecular complexity index is 599. The number of amides is 1. The number of esters is 1. The molecule has 0 aliphatic heterocycles. The number of hydrogen-bond donors (Lipinski definition) is 2. The molecule has 0 unspecified atom stereocenters. The molecule has 138 valence electrons. The van der Waals surface area contributed by atoms with E-state index in [2.05, 4.69) is 16.6 Å². The number of hydrogen-bond acceptors (Lipinski definition) is 4. The number of halogens is 3. The van der Waals surface area contributed by atoms with Crippen molar-refractivity contribution in [2.75, 3.05) is 7.11 Å². The summed E-state index contributed by atoms with van der Waals surface area (Å²) >= 11 is 0. The first kappa shape index (κ1) is 20.7. The van der Waals surface area contributed by atoms with Gasteiger partial charge in [-0.3, -0.25) is 4.79 Å². The Labute approximate surface area is 143 Å². The Morgan fingerprint density at radius 1 is 1.32 bits per heavy atom. The number of alkyl halides is 3. The van der Waals surface area contributed by atoms with E-state index in [-0.39, 0.29) is 12.0 Å². The zero-order valence-corrected chi connectivity index (χ0v) is 13.7. The van der Waals surface area contributed by atoms with E-state index in [1.165, 1.54) is 7.11 Å². The largest absolute Gasteiger partial charge is 0.467 e. The van der Waals surface area contributed by atoms with Gasteiger partial charge in [-0.25, -0.2) is 4.79 Å². The van der Waals surface area contributed by atoms with E-state index >= 15 is 0 Å². The van der Waals surface area contributed by atoms with E-state index < -0.39 is 35.8 Å². The van der Waals surface area contributed by atoms with Gasteiger partial charge in [-0.05, 0) is 37.0 Å². The van der Waals surface area contributed by atoms with Crippen LogP contribution in [0.3, 0.4) is 0 Å². The molecular formula is C17H20F3NO4. The van der Waals surface area contributed by atoms with Crippen LogP contribution in [-0.2, 0) is 20.5 Å². The van der Waals surface area contributed by atoms with Crippen LogP contribution in [0.15, 0.2) is 36.9 Å². The normalized spacial score (nSPS) is 13.6. The Morgan fingerprint density at radius 3 is 2.40 bits per heavy atom. The molecular weight excluding hydrogens is 339 g/mol. The molecule has 0 heterocycles. The highest BCUT2D eigenvalue weighted by Crippen LogP contribution is 2.30. The predicted molar refractivity (Wildman–Crippen MR) is 84.4 cm³/mol. The van der Waals surface area contributed by atoms with Crippen molar-refractivity contribution in [3.63, 3.8) is 0 Å². The number of carbonyl (C=O) groups is 2. The summed E-state index contributed by atoms with van der Waals surface area (Å²) in [6.45, 7) is 3.55. The molecule has 5 nitrogen and oxygen atoms in total. The third-order valence-corrected chi connectivity index (χ3v) is 3.51. The summed E-state index contributed by atoms with van der Waals surface area (Å²) in [6.07, 6.45) is -3.07. The van der Waals surface area contributed by atoms with Gasteiger partial charge in [0.05, 0.1) is 12.7 Å². The Hall–Kier alpha value is -2.35. The van der Waals surface area contributed by atoms with E-state index in [1.807, 2.05) is 0 Å². The number of aliphatic hydroxyl groups excluding tert-OH is 1. The molecule has 0 spiro atoms. The van der Waals surface area contributed by atoms with Gasteiger partial charge in [-0.2, -0.15) is 13.2 Å². The van der Waals surface area contributed by atoms with Crippen LogP contribution in [0.2, 0.25) is 0 Å². The smallest absolute Gasteiger partial charge is 0.416 e. The van der Waals surface area contributed by atoms with Crippen molar-refractivity contribution in [1.29, 1.82) is 0 Å². The zero-order chi connectivity index (χ0) is 19.0. The van der Waals surface area contributed by atoms with E-state index in [1.54, 1.807) is 6.08 Å². The first-order valence-electron chi connectivity index (χ1n) is 7.55. The van der Waals surface area contributed by atoms with Crippen LogP contribution in [0.4, 0.5) is 13.2 Å². The number of aliphatic hydroxyl groups is 1. The van der Waals surface area contributed by atoms with Crippen molar-refractivity contribution in [2.45, 2.75) is 37.6 Å². The molecule has 0 aliphatic carbocycles. The van der Waals surface area contributed by atoms with Crippen molar-refractivity contribution in [3.05, 3.63) is 48.0 Å². The highest BCUT2D eigenvalue weighted by atomic mass is 19.4. The van der Waals surface area contributed by atoms with Gasteiger partial charge in [0.15, 0.2) is 6.10 Å². The second kappa shape index (κ2) is 9.22. The molecule has 0 bridgehead atoms. The van der Waals surface area contributed by atoms with Crippen LogP contribution in [0, 0.1) is 0 Å². The highest BCUT2D eigenvalue weighted by molar-refractivity contribution is 5.87. The lowest BCUT2D eigenvalue weighted by Crippen LogP contribution is -2.43. The van der Waals surface area contributed by atoms with Gasteiger partial charge < -0.3 is 15.2 Å². The van der Waals surface area contributed by atoms with Crippen molar-refractivity contribution < 1.29 is 32.6 Å². The Balaban J connectivity index is 2.78. The summed E-state index contributed by atoms with van der Waals surface area (Å²) in [5, 5.41) is 12.3. The Kier molecular flexibility index (Phi) is 7.63. The molecule has 2 atom stereocenters. The molecule has 1 aromatic carbocycles. The molecule has 0 fully saturated rings. The summed E-state index contributed by atoms with van der Waals surface area (Å²) < 4.78 is 42.2.